The Morgan fingerprint density at radius 2 is 1.16 bits per heavy atom. The van der Waals surface area contributed by atoms with E-state index in [2.05, 4.69) is 148 Å². The number of thiazole rings is 2. The van der Waals surface area contributed by atoms with Crippen LogP contribution in [0, 0.1) is 9.20 Å². The monoisotopic (exact) mass is 1070 g/mol. The molecule has 2 aliphatic carbocycles. The lowest BCUT2D eigenvalue weighted by atomic mass is 9.73. The molecule has 4 heterocycles. The molecule has 3 aromatic heterocycles. The summed E-state index contributed by atoms with van der Waals surface area (Å²) in [7, 11) is 0. The van der Waals surface area contributed by atoms with Gasteiger partial charge in [0.05, 0.1) is 11.1 Å². The highest BCUT2D eigenvalue weighted by atomic mass is 32.2. The van der Waals surface area contributed by atoms with Crippen molar-refractivity contribution < 1.29 is 14.7 Å². The number of carbonyl (C=O) groups is 1. The number of rotatable bonds is 14. The molecule has 3 aliphatic rings. The smallest absolute Gasteiger partial charge is 0.304 e. The van der Waals surface area contributed by atoms with Crippen molar-refractivity contribution in [2.45, 2.75) is 91.5 Å². The Morgan fingerprint density at radius 3 is 1.70 bits per heavy atom. The van der Waals surface area contributed by atoms with Gasteiger partial charge in [0.2, 0.25) is 0 Å². The van der Waals surface area contributed by atoms with Gasteiger partial charge < -0.3 is 4.90 Å². The Labute approximate surface area is 451 Å². The molecular weight excluding hydrogens is 1020 g/mol. The first-order valence-corrected chi connectivity index (χ1v) is 29.2. The summed E-state index contributed by atoms with van der Waals surface area (Å²) in [5.41, 5.74) is 14.3. The summed E-state index contributed by atoms with van der Waals surface area (Å²) >= 11 is 10.6. The highest BCUT2D eigenvalue weighted by Gasteiger charge is 2.43. The van der Waals surface area contributed by atoms with Gasteiger partial charge in [-0.2, -0.15) is 4.89 Å². The Balaban J connectivity index is 1.00. The van der Waals surface area contributed by atoms with Gasteiger partial charge in [-0.05, 0) is 151 Å². The van der Waals surface area contributed by atoms with E-state index in [9.17, 15) is 14.4 Å². The summed E-state index contributed by atoms with van der Waals surface area (Å²) in [6, 6.07) is 45.0. The number of hydrogen-bond donors (Lipinski definition) is 0. The summed E-state index contributed by atoms with van der Waals surface area (Å²) in [5, 5.41) is 0. The number of thioether (sulfide) groups is 1. The zero-order valence-corrected chi connectivity index (χ0v) is 46.5. The van der Waals surface area contributed by atoms with E-state index < -0.39 is 5.56 Å². The van der Waals surface area contributed by atoms with Crippen LogP contribution in [-0.2, 0) is 27.1 Å². The van der Waals surface area contributed by atoms with Gasteiger partial charge in [0.25, 0.3) is 11.5 Å². The fraction of sp³-hybridized carbons (Fsp3) is 0.267. The molecule has 0 spiro atoms. The van der Waals surface area contributed by atoms with E-state index in [1.165, 1.54) is 61.2 Å². The molecule has 376 valence electrons. The Morgan fingerprint density at radius 1 is 0.595 bits per heavy atom. The summed E-state index contributed by atoms with van der Waals surface area (Å²) in [4.78, 5) is 58.7. The zero-order chi connectivity index (χ0) is 51.6. The minimum atomic E-state index is -0.455. The standard InChI is InChI=1S/C60H56N4O5S5/c1-8-59(9-2)45-21-17-15-19-41(45)43-30-27-38(33-47(43)59)63(39-28-31-44-42-20-16-18-22-46(42)60(10-3,11-4)48(44)34-39)37-25-23-36(24-26-37)49-32-29-40(71-49)35-50-53(65)64(69-68-14-7)57(72-50)52-54(66)61(12-5)56(73-52)51-55(67)62(13-6)58(70)74-51/h15-35H,8-14H2,1-7H3/b50-35-,56-51-,57-52+. The first-order valence-electron chi connectivity index (χ1n) is 25.5. The van der Waals surface area contributed by atoms with Gasteiger partial charge in [-0.25, -0.2) is 4.99 Å². The van der Waals surface area contributed by atoms with Crippen LogP contribution in [0.4, 0.5) is 17.1 Å². The third-order valence-corrected chi connectivity index (χ3v) is 20.6. The topological polar surface area (TPSA) is 86.0 Å². The van der Waals surface area contributed by atoms with Crippen molar-refractivity contribution in [3.05, 3.63) is 188 Å². The second kappa shape index (κ2) is 19.9. The van der Waals surface area contributed by atoms with Gasteiger partial charge in [-0.3, -0.25) is 23.9 Å². The highest BCUT2D eigenvalue weighted by molar-refractivity contribution is 8.30. The van der Waals surface area contributed by atoms with Crippen molar-refractivity contribution in [3.8, 4) is 32.7 Å². The molecule has 0 unspecified atom stereocenters. The van der Waals surface area contributed by atoms with Gasteiger partial charge in [0, 0.05) is 50.7 Å². The number of thiophene rings is 1. The predicted octanol–water partition coefficient (Wildman–Crippen LogP) is 13.0. The van der Waals surface area contributed by atoms with Crippen LogP contribution < -0.4 is 30.2 Å². The lowest BCUT2D eigenvalue weighted by molar-refractivity contribution is -0.292. The lowest BCUT2D eigenvalue weighted by Gasteiger charge is -2.33. The number of hydrogen-bond acceptors (Lipinski definition) is 11. The molecule has 1 aliphatic heterocycles. The number of aromatic nitrogens is 2. The molecule has 0 radical (unpaired) electrons. The number of anilines is 3. The van der Waals surface area contributed by atoms with Crippen LogP contribution in [0.1, 0.15) is 101 Å². The molecule has 9 nitrogen and oxygen atoms in total. The van der Waals surface area contributed by atoms with Crippen molar-refractivity contribution in [2.24, 2.45) is 0 Å². The lowest BCUT2D eigenvalue weighted by Crippen LogP contribution is -2.32. The third kappa shape index (κ3) is 7.77. The highest BCUT2D eigenvalue weighted by Crippen LogP contribution is 2.56. The fourth-order valence-corrected chi connectivity index (χ4v) is 16.6. The SMILES string of the molecule is CCOOn1c(=O)/c(=C/c2ccc(-c3ccc(N(c4ccc5c(c4)C(CC)(CC)c4ccccc4-5)c4ccc5c(c4)C(CC)(CC)c4ccccc4-5)cc3)s2)s/c1=c1/s/c(=C2\SC(=S)N(CC)C2=O)n(CC)c1=O. The van der Waals surface area contributed by atoms with Gasteiger partial charge in [0.1, 0.15) is 18.4 Å². The van der Waals surface area contributed by atoms with E-state index in [0.717, 1.165) is 85.5 Å². The van der Waals surface area contributed by atoms with Crippen LogP contribution in [0.25, 0.3) is 43.7 Å². The average molecular weight is 1070 g/mol. The molecule has 11 rings (SSSR count). The van der Waals surface area contributed by atoms with Crippen LogP contribution in [0.5, 0.6) is 0 Å². The molecule has 5 aromatic carbocycles. The second-order valence-corrected chi connectivity index (χ2v) is 23.5. The van der Waals surface area contributed by atoms with Crippen LogP contribution in [0.15, 0.2) is 131 Å². The van der Waals surface area contributed by atoms with Crippen molar-refractivity contribution in [2.75, 3.05) is 18.1 Å². The van der Waals surface area contributed by atoms with E-state index in [1.54, 1.807) is 22.8 Å². The maximum absolute atomic E-state index is 14.1. The number of fused-ring (bicyclic) bond motifs is 6. The number of carbonyl (C=O) groups excluding carboxylic acids is 1. The Hall–Kier alpha value is -6.13. The molecular formula is C60H56N4O5S5. The first kappa shape index (κ1) is 50.0. The quantitative estimate of drug-likeness (QED) is 0.0605. The largest absolute Gasteiger partial charge is 0.310 e. The van der Waals surface area contributed by atoms with Gasteiger partial charge in [0.15, 0.2) is 4.66 Å². The van der Waals surface area contributed by atoms with Crippen LogP contribution in [0.2, 0.25) is 0 Å². The molecule has 0 saturated carbocycles. The minimum Gasteiger partial charge on any atom is -0.310 e. The number of nitrogens with zero attached hydrogens (tertiary/aromatic N) is 4. The normalized spacial score (nSPS) is 16.4. The fourth-order valence-electron chi connectivity index (χ4n) is 11.7. The van der Waals surface area contributed by atoms with Crippen LogP contribution in [0.3, 0.4) is 0 Å². The maximum atomic E-state index is 14.1. The average Bonchev–Trinajstić information content (AvgIpc) is 4.27. The molecule has 1 fully saturated rings. The third-order valence-electron chi connectivity index (χ3n) is 15.5. The van der Waals surface area contributed by atoms with Crippen molar-refractivity contribution in [1.29, 1.82) is 0 Å². The van der Waals surface area contributed by atoms with Crippen molar-refractivity contribution in [3.63, 3.8) is 0 Å². The van der Waals surface area contributed by atoms with Gasteiger partial charge in [-0.1, -0.05) is 129 Å². The van der Waals surface area contributed by atoms with Crippen molar-refractivity contribution in [1.82, 2.24) is 14.2 Å². The summed E-state index contributed by atoms with van der Waals surface area (Å²) < 4.78 is 4.46. The summed E-state index contributed by atoms with van der Waals surface area (Å²) in [5.74, 6) is -0.234. The van der Waals surface area contributed by atoms with Gasteiger partial charge in [-0.15, -0.1) is 34.0 Å². The van der Waals surface area contributed by atoms with Crippen LogP contribution >= 0.6 is 58.0 Å². The Kier molecular flexibility index (Phi) is 13.4. The number of thiocarbonyl (C=S) groups is 1. The van der Waals surface area contributed by atoms with E-state index in [1.807, 2.05) is 26.0 Å². The molecule has 8 aromatic rings. The molecule has 0 atom stereocenters. The summed E-state index contributed by atoms with van der Waals surface area (Å²) in [6.07, 6.45) is 5.87. The number of amides is 1. The van der Waals surface area contributed by atoms with E-state index >= 15 is 0 Å². The molecule has 0 bridgehead atoms. The number of benzene rings is 5. The second-order valence-electron chi connectivity index (χ2n) is 18.7. The molecule has 1 amide bonds. The van der Waals surface area contributed by atoms with E-state index in [-0.39, 0.29) is 38.1 Å². The molecule has 74 heavy (non-hydrogen) atoms. The van der Waals surface area contributed by atoms with Crippen molar-refractivity contribution >= 4 is 96.3 Å². The Bertz CT molecular complexity index is 3800. The maximum Gasteiger partial charge on any atom is 0.304 e. The van der Waals surface area contributed by atoms with E-state index in [4.69, 9.17) is 22.1 Å². The van der Waals surface area contributed by atoms with Gasteiger partial charge >= 0.3 is 5.56 Å². The molecule has 0 N–H and O–H groups in total. The predicted molar refractivity (Wildman–Crippen MR) is 311 cm³/mol. The first-order chi connectivity index (χ1) is 36.0. The molecule has 14 heteroatoms. The minimum absolute atomic E-state index is 0.0794. The van der Waals surface area contributed by atoms with Crippen LogP contribution in [-0.4, -0.2) is 37.6 Å². The molecule has 1 saturated heterocycles. The summed E-state index contributed by atoms with van der Waals surface area (Å²) in [6.45, 7) is 15.7. The van der Waals surface area contributed by atoms with E-state index in [0.29, 0.717) is 31.5 Å². The zero-order valence-electron chi connectivity index (χ0n) is 42.4.